The first kappa shape index (κ1) is 20.6. The molecule has 0 radical (unpaired) electrons. The quantitative estimate of drug-likeness (QED) is 0.580. The molecule has 0 aliphatic rings. The van der Waals surface area contributed by atoms with E-state index in [4.69, 9.17) is 16.3 Å². The van der Waals surface area contributed by atoms with Crippen molar-refractivity contribution in [2.24, 2.45) is 0 Å². The Morgan fingerprint density at radius 1 is 0.966 bits per heavy atom. The fourth-order valence-electron chi connectivity index (χ4n) is 2.34. The van der Waals surface area contributed by atoms with E-state index in [-0.39, 0.29) is 17.2 Å². The molecular weight excluding hydrogens is 419 g/mol. The maximum atomic E-state index is 13.7. The van der Waals surface area contributed by atoms with E-state index in [0.29, 0.717) is 16.5 Å². The minimum Gasteiger partial charge on any atom is -0.484 e. The molecule has 29 heavy (non-hydrogen) atoms. The van der Waals surface area contributed by atoms with Crippen molar-refractivity contribution in [2.75, 3.05) is 16.6 Å². The molecular formula is C20H16ClFN2O4S. The lowest BCUT2D eigenvalue weighted by Gasteiger charge is -2.10. The van der Waals surface area contributed by atoms with E-state index in [9.17, 15) is 17.6 Å². The van der Waals surface area contributed by atoms with E-state index in [1.807, 2.05) is 0 Å². The van der Waals surface area contributed by atoms with E-state index in [2.05, 4.69) is 10.0 Å². The van der Waals surface area contributed by atoms with Crippen molar-refractivity contribution in [1.82, 2.24) is 0 Å². The molecule has 0 saturated heterocycles. The number of sulfonamides is 1. The predicted octanol–water partition coefficient (Wildman–Crippen LogP) is 4.30. The van der Waals surface area contributed by atoms with E-state index in [0.717, 1.165) is 6.07 Å². The topological polar surface area (TPSA) is 84.5 Å². The molecule has 0 spiro atoms. The number of hydrogen-bond donors (Lipinski definition) is 2. The summed E-state index contributed by atoms with van der Waals surface area (Å²) in [4.78, 5) is 11.9. The van der Waals surface area contributed by atoms with Crippen LogP contribution in [-0.2, 0) is 14.8 Å². The Morgan fingerprint density at radius 2 is 1.62 bits per heavy atom. The van der Waals surface area contributed by atoms with Gasteiger partial charge in [0.2, 0.25) is 0 Å². The van der Waals surface area contributed by atoms with Gasteiger partial charge in [-0.05, 0) is 60.7 Å². The summed E-state index contributed by atoms with van der Waals surface area (Å²) in [6.45, 7) is -0.226. The Hall–Kier alpha value is -3.10. The van der Waals surface area contributed by atoms with Crippen LogP contribution in [0.4, 0.5) is 15.8 Å². The Bertz CT molecular complexity index is 1100. The second-order valence-corrected chi connectivity index (χ2v) is 8.02. The summed E-state index contributed by atoms with van der Waals surface area (Å²) in [5, 5.41) is 3.15. The number of hydrogen-bond acceptors (Lipinski definition) is 4. The molecule has 2 N–H and O–H groups in total. The third-order valence-electron chi connectivity index (χ3n) is 3.75. The van der Waals surface area contributed by atoms with Gasteiger partial charge in [-0.2, -0.15) is 0 Å². The summed E-state index contributed by atoms with van der Waals surface area (Å²) < 4.78 is 45.9. The smallest absolute Gasteiger partial charge is 0.262 e. The van der Waals surface area contributed by atoms with E-state index < -0.39 is 21.7 Å². The number of carbonyl (C=O) groups excluding carboxylic acids is 1. The lowest BCUT2D eigenvalue weighted by atomic mass is 10.3. The zero-order valence-corrected chi connectivity index (χ0v) is 16.5. The molecule has 0 heterocycles. The molecule has 0 unspecified atom stereocenters. The van der Waals surface area contributed by atoms with Crippen LogP contribution in [0.1, 0.15) is 0 Å². The molecule has 3 rings (SSSR count). The van der Waals surface area contributed by atoms with Crippen LogP contribution in [-0.4, -0.2) is 20.9 Å². The van der Waals surface area contributed by atoms with Gasteiger partial charge >= 0.3 is 0 Å². The van der Waals surface area contributed by atoms with Gasteiger partial charge in [-0.15, -0.1) is 0 Å². The van der Waals surface area contributed by atoms with Crippen molar-refractivity contribution in [3.8, 4) is 5.75 Å². The molecule has 0 aliphatic carbocycles. The Labute approximate surface area is 172 Å². The van der Waals surface area contributed by atoms with Crippen molar-refractivity contribution < 1.29 is 22.3 Å². The summed E-state index contributed by atoms with van der Waals surface area (Å²) in [6, 6.07) is 17.5. The largest absolute Gasteiger partial charge is 0.484 e. The molecule has 3 aromatic carbocycles. The molecule has 3 aromatic rings. The van der Waals surface area contributed by atoms with Crippen molar-refractivity contribution in [3.63, 3.8) is 0 Å². The maximum Gasteiger partial charge on any atom is 0.262 e. The van der Waals surface area contributed by atoms with E-state index in [1.165, 1.54) is 42.5 Å². The van der Waals surface area contributed by atoms with Crippen LogP contribution in [0.25, 0.3) is 0 Å². The van der Waals surface area contributed by atoms with Gasteiger partial charge in [0.25, 0.3) is 15.9 Å². The summed E-state index contributed by atoms with van der Waals surface area (Å²) in [7, 11) is -3.97. The highest BCUT2D eigenvalue weighted by Crippen LogP contribution is 2.20. The molecule has 0 aromatic heterocycles. The minimum absolute atomic E-state index is 0.0730. The molecule has 0 saturated carbocycles. The standard InChI is InChI=1S/C20H16ClFN2O4S/c21-14-5-9-16(10-6-14)28-13-20(25)23-15-7-11-17(12-8-15)29(26,27)24-19-4-2-1-3-18(19)22/h1-12,24H,13H2,(H,23,25). The van der Waals surface area contributed by atoms with Crippen molar-refractivity contribution >= 4 is 38.9 Å². The summed E-state index contributed by atoms with van der Waals surface area (Å²) in [5.74, 6) is -0.606. The first-order valence-electron chi connectivity index (χ1n) is 8.39. The normalized spacial score (nSPS) is 11.0. The fourth-order valence-corrected chi connectivity index (χ4v) is 3.54. The highest BCUT2D eigenvalue weighted by molar-refractivity contribution is 7.92. The van der Waals surface area contributed by atoms with E-state index >= 15 is 0 Å². The Morgan fingerprint density at radius 3 is 2.28 bits per heavy atom. The van der Waals surface area contributed by atoms with Crippen LogP contribution < -0.4 is 14.8 Å². The van der Waals surface area contributed by atoms with Crippen LogP contribution >= 0.6 is 11.6 Å². The molecule has 1 amide bonds. The average Bonchev–Trinajstić information content (AvgIpc) is 2.70. The van der Waals surface area contributed by atoms with Crippen molar-refractivity contribution in [3.05, 3.63) is 83.6 Å². The maximum absolute atomic E-state index is 13.7. The number of halogens is 2. The molecule has 150 valence electrons. The molecule has 0 aliphatic heterocycles. The molecule has 0 bridgehead atoms. The Balaban J connectivity index is 1.59. The van der Waals surface area contributed by atoms with Gasteiger partial charge in [0.15, 0.2) is 6.61 Å². The molecule has 9 heteroatoms. The highest BCUT2D eigenvalue weighted by Gasteiger charge is 2.16. The number of carbonyl (C=O) groups is 1. The number of para-hydroxylation sites is 1. The van der Waals surface area contributed by atoms with Crippen LogP contribution in [0.5, 0.6) is 5.75 Å². The molecule has 0 atom stereocenters. The third kappa shape index (κ3) is 5.69. The summed E-state index contributed by atoms with van der Waals surface area (Å²) >= 11 is 5.78. The third-order valence-corrected chi connectivity index (χ3v) is 5.38. The number of anilines is 2. The lowest BCUT2D eigenvalue weighted by Crippen LogP contribution is -2.20. The van der Waals surface area contributed by atoms with Gasteiger partial charge < -0.3 is 10.1 Å². The zero-order valence-electron chi connectivity index (χ0n) is 14.9. The van der Waals surface area contributed by atoms with Crippen LogP contribution in [0.3, 0.4) is 0 Å². The number of rotatable bonds is 7. The van der Waals surface area contributed by atoms with Gasteiger partial charge in [-0.1, -0.05) is 23.7 Å². The van der Waals surface area contributed by atoms with E-state index in [1.54, 1.807) is 24.3 Å². The second kappa shape index (κ2) is 8.93. The number of amides is 1. The number of benzene rings is 3. The number of ether oxygens (including phenoxy) is 1. The van der Waals surface area contributed by atoms with Crippen molar-refractivity contribution in [1.29, 1.82) is 0 Å². The zero-order chi connectivity index (χ0) is 20.9. The number of nitrogens with one attached hydrogen (secondary N) is 2. The molecule has 6 nitrogen and oxygen atoms in total. The monoisotopic (exact) mass is 434 g/mol. The SMILES string of the molecule is O=C(COc1ccc(Cl)cc1)Nc1ccc(S(=O)(=O)Nc2ccccc2F)cc1. The van der Waals surface area contributed by atoms with Crippen LogP contribution in [0, 0.1) is 5.82 Å². The Kier molecular flexibility index (Phi) is 6.36. The highest BCUT2D eigenvalue weighted by atomic mass is 35.5. The van der Waals surface area contributed by atoms with Gasteiger partial charge in [0.05, 0.1) is 10.6 Å². The van der Waals surface area contributed by atoms with Crippen LogP contribution in [0.15, 0.2) is 77.7 Å². The van der Waals surface area contributed by atoms with Crippen LogP contribution in [0.2, 0.25) is 5.02 Å². The first-order valence-corrected chi connectivity index (χ1v) is 10.3. The summed E-state index contributed by atoms with van der Waals surface area (Å²) in [6.07, 6.45) is 0. The average molecular weight is 435 g/mol. The molecule has 0 fully saturated rings. The summed E-state index contributed by atoms with van der Waals surface area (Å²) in [5.41, 5.74) is 0.240. The lowest BCUT2D eigenvalue weighted by molar-refractivity contribution is -0.118. The van der Waals surface area contributed by atoms with Gasteiger partial charge in [-0.25, -0.2) is 12.8 Å². The van der Waals surface area contributed by atoms with Gasteiger partial charge in [0, 0.05) is 10.7 Å². The fraction of sp³-hybridized carbons (Fsp3) is 0.0500. The van der Waals surface area contributed by atoms with Crippen molar-refractivity contribution in [2.45, 2.75) is 4.90 Å². The first-order chi connectivity index (χ1) is 13.8. The predicted molar refractivity (Wildman–Crippen MR) is 109 cm³/mol. The minimum atomic E-state index is -3.97. The van der Waals surface area contributed by atoms with Gasteiger partial charge in [0.1, 0.15) is 11.6 Å². The van der Waals surface area contributed by atoms with Gasteiger partial charge in [-0.3, -0.25) is 9.52 Å². The second-order valence-electron chi connectivity index (χ2n) is 5.90.